The molecule has 4 rings (SSSR count). The lowest BCUT2D eigenvalue weighted by molar-refractivity contribution is 1.14. The highest BCUT2D eigenvalue weighted by atomic mass is 14.9. The summed E-state index contributed by atoms with van der Waals surface area (Å²) in [5, 5.41) is 6.22. The van der Waals surface area contributed by atoms with Crippen LogP contribution in [0.2, 0.25) is 0 Å². The Balaban J connectivity index is 2.07. The van der Waals surface area contributed by atoms with Crippen LogP contribution in [0.4, 0.5) is 5.69 Å². The van der Waals surface area contributed by atoms with E-state index in [2.05, 4.69) is 66.8 Å². The Hall–Kier alpha value is -2.28. The van der Waals surface area contributed by atoms with E-state index in [0.29, 0.717) is 0 Å². The Morgan fingerprint density at radius 2 is 1.79 bits per heavy atom. The van der Waals surface area contributed by atoms with Gasteiger partial charge in [-0.05, 0) is 41.0 Å². The standard InChI is InChI=1S/C18H15N/c1-12-6-9-18-16(10-12)15-8-7-13-4-2-3-5-14(13)17(15)11-19-18/h2-10,19H,11H2,1H3. The van der Waals surface area contributed by atoms with Gasteiger partial charge in [-0.2, -0.15) is 0 Å². The van der Waals surface area contributed by atoms with Crippen molar-refractivity contribution in [2.45, 2.75) is 13.5 Å². The summed E-state index contributed by atoms with van der Waals surface area (Å²) in [5.41, 5.74) is 6.66. The topological polar surface area (TPSA) is 12.0 Å². The highest BCUT2D eigenvalue weighted by Crippen LogP contribution is 2.39. The zero-order valence-corrected chi connectivity index (χ0v) is 10.9. The van der Waals surface area contributed by atoms with Gasteiger partial charge in [0, 0.05) is 17.8 Å². The van der Waals surface area contributed by atoms with Gasteiger partial charge in [0.1, 0.15) is 0 Å². The second-order valence-corrected chi connectivity index (χ2v) is 5.22. The van der Waals surface area contributed by atoms with Crippen molar-refractivity contribution in [2.75, 3.05) is 5.32 Å². The minimum atomic E-state index is 0.909. The highest BCUT2D eigenvalue weighted by Gasteiger charge is 2.17. The SMILES string of the molecule is Cc1ccc2c(c1)-c1ccc3ccccc3c1CN2. The number of rotatable bonds is 0. The summed E-state index contributed by atoms with van der Waals surface area (Å²) in [5.74, 6) is 0. The molecule has 19 heavy (non-hydrogen) atoms. The third-order valence-electron chi connectivity index (χ3n) is 3.96. The molecule has 92 valence electrons. The minimum Gasteiger partial charge on any atom is -0.380 e. The number of fused-ring (bicyclic) bond motifs is 5. The van der Waals surface area contributed by atoms with Gasteiger partial charge < -0.3 is 5.32 Å². The third-order valence-corrected chi connectivity index (χ3v) is 3.96. The van der Waals surface area contributed by atoms with Crippen LogP contribution in [-0.4, -0.2) is 0 Å². The van der Waals surface area contributed by atoms with Crippen LogP contribution in [0.1, 0.15) is 11.1 Å². The minimum absolute atomic E-state index is 0.909. The van der Waals surface area contributed by atoms with Gasteiger partial charge in [0.25, 0.3) is 0 Å². The van der Waals surface area contributed by atoms with Gasteiger partial charge in [0.05, 0.1) is 0 Å². The van der Waals surface area contributed by atoms with Crippen molar-refractivity contribution >= 4 is 16.5 Å². The van der Waals surface area contributed by atoms with Gasteiger partial charge in [-0.25, -0.2) is 0 Å². The lowest BCUT2D eigenvalue weighted by Gasteiger charge is -2.23. The van der Waals surface area contributed by atoms with Crippen LogP contribution in [0.15, 0.2) is 54.6 Å². The van der Waals surface area contributed by atoms with Crippen LogP contribution in [0, 0.1) is 6.92 Å². The molecule has 1 N–H and O–H groups in total. The fourth-order valence-electron chi connectivity index (χ4n) is 3.00. The first-order valence-corrected chi connectivity index (χ1v) is 6.68. The Morgan fingerprint density at radius 3 is 2.74 bits per heavy atom. The maximum atomic E-state index is 3.54. The molecule has 0 saturated heterocycles. The van der Waals surface area contributed by atoms with Crippen molar-refractivity contribution in [2.24, 2.45) is 0 Å². The molecule has 1 aliphatic heterocycles. The smallest absolute Gasteiger partial charge is 0.0422 e. The predicted octanol–water partition coefficient (Wildman–Crippen LogP) is 4.74. The number of hydrogen-bond acceptors (Lipinski definition) is 1. The summed E-state index contributed by atoms with van der Waals surface area (Å²) in [6.07, 6.45) is 0. The fraction of sp³-hybridized carbons (Fsp3) is 0.111. The van der Waals surface area contributed by atoms with E-state index in [1.807, 2.05) is 0 Å². The maximum absolute atomic E-state index is 3.54. The molecule has 0 bridgehead atoms. The van der Waals surface area contributed by atoms with E-state index in [1.165, 1.54) is 38.7 Å². The van der Waals surface area contributed by atoms with Gasteiger partial charge in [-0.1, -0.05) is 48.0 Å². The summed E-state index contributed by atoms with van der Waals surface area (Å²) < 4.78 is 0. The molecule has 1 heterocycles. The van der Waals surface area contributed by atoms with Crippen LogP contribution in [0.3, 0.4) is 0 Å². The molecule has 0 radical (unpaired) electrons. The monoisotopic (exact) mass is 245 g/mol. The van der Waals surface area contributed by atoms with Crippen LogP contribution >= 0.6 is 0 Å². The first-order valence-electron chi connectivity index (χ1n) is 6.68. The molecule has 1 aliphatic rings. The Morgan fingerprint density at radius 1 is 0.895 bits per heavy atom. The van der Waals surface area contributed by atoms with Crippen LogP contribution in [0.25, 0.3) is 21.9 Å². The lowest BCUT2D eigenvalue weighted by Crippen LogP contribution is -2.09. The van der Waals surface area contributed by atoms with E-state index in [1.54, 1.807) is 0 Å². The van der Waals surface area contributed by atoms with Gasteiger partial charge in [0.2, 0.25) is 0 Å². The first kappa shape index (κ1) is 10.6. The van der Waals surface area contributed by atoms with Gasteiger partial charge in [-0.3, -0.25) is 0 Å². The molecule has 1 nitrogen and oxygen atoms in total. The van der Waals surface area contributed by atoms with E-state index in [9.17, 15) is 0 Å². The Bertz CT molecular complexity index is 787. The van der Waals surface area contributed by atoms with E-state index in [0.717, 1.165) is 6.54 Å². The van der Waals surface area contributed by atoms with Crippen molar-refractivity contribution < 1.29 is 0 Å². The molecule has 0 spiro atoms. The van der Waals surface area contributed by atoms with E-state index >= 15 is 0 Å². The zero-order chi connectivity index (χ0) is 12.8. The van der Waals surface area contributed by atoms with Gasteiger partial charge in [-0.15, -0.1) is 0 Å². The summed E-state index contributed by atoms with van der Waals surface area (Å²) in [7, 11) is 0. The molecule has 3 aromatic rings. The molecule has 0 saturated carbocycles. The molecule has 1 heteroatoms. The quantitative estimate of drug-likeness (QED) is 0.603. The molecule has 0 aromatic heterocycles. The average molecular weight is 245 g/mol. The Labute approximate surface area is 112 Å². The summed E-state index contributed by atoms with van der Waals surface area (Å²) in [4.78, 5) is 0. The van der Waals surface area contributed by atoms with Crippen molar-refractivity contribution in [3.8, 4) is 11.1 Å². The molecule has 0 unspecified atom stereocenters. The second kappa shape index (κ2) is 3.86. The zero-order valence-electron chi connectivity index (χ0n) is 10.9. The summed E-state index contributed by atoms with van der Waals surface area (Å²) in [6.45, 7) is 3.06. The second-order valence-electron chi connectivity index (χ2n) is 5.22. The van der Waals surface area contributed by atoms with E-state index in [4.69, 9.17) is 0 Å². The van der Waals surface area contributed by atoms with Crippen LogP contribution < -0.4 is 5.32 Å². The molecule has 0 fully saturated rings. The summed E-state index contributed by atoms with van der Waals surface area (Å²) in [6, 6.07) is 19.7. The fourth-order valence-corrected chi connectivity index (χ4v) is 3.00. The number of hydrogen-bond donors (Lipinski definition) is 1. The molecular weight excluding hydrogens is 230 g/mol. The van der Waals surface area contributed by atoms with Crippen molar-refractivity contribution in [1.82, 2.24) is 0 Å². The largest absolute Gasteiger partial charge is 0.380 e. The molecule has 3 aromatic carbocycles. The van der Waals surface area contributed by atoms with E-state index < -0.39 is 0 Å². The molecule has 0 amide bonds. The van der Waals surface area contributed by atoms with Crippen molar-refractivity contribution in [1.29, 1.82) is 0 Å². The first-order chi connectivity index (χ1) is 9.33. The van der Waals surface area contributed by atoms with Gasteiger partial charge in [0.15, 0.2) is 0 Å². The highest BCUT2D eigenvalue weighted by molar-refractivity contribution is 5.96. The number of benzene rings is 3. The number of nitrogens with one attached hydrogen (secondary N) is 1. The number of anilines is 1. The average Bonchev–Trinajstić information content (AvgIpc) is 2.46. The Kier molecular flexibility index (Phi) is 2.16. The van der Waals surface area contributed by atoms with Crippen molar-refractivity contribution in [3.63, 3.8) is 0 Å². The molecule has 0 atom stereocenters. The van der Waals surface area contributed by atoms with Crippen molar-refractivity contribution in [3.05, 3.63) is 65.7 Å². The normalized spacial score (nSPS) is 12.7. The predicted molar refractivity (Wildman–Crippen MR) is 81.4 cm³/mol. The summed E-state index contributed by atoms with van der Waals surface area (Å²) >= 11 is 0. The third kappa shape index (κ3) is 1.55. The number of aryl methyl sites for hydroxylation is 1. The molecular formula is C18H15N. The maximum Gasteiger partial charge on any atom is 0.0422 e. The molecule has 0 aliphatic carbocycles. The van der Waals surface area contributed by atoms with Crippen LogP contribution in [0.5, 0.6) is 0 Å². The van der Waals surface area contributed by atoms with E-state index in [-0.39, 0.29) is 0 Å². The van der Waals surface area contributed by atoms with Crippen LogP contribution in [-0.2, 0) is 6.54 Å². The van der Waals surface area contributed by atoms with Gasteiger partial charge >= 0.3 is 0 Å². The lowest BCUT2D eigenvalue weighted by atomic mass is 9.90.